The molecule has 0 aliphatic carbocycles. The summed E-state index contributed by atoms with van der Waals surface area (Å²) in [5, 5.41) is 66.8. The Morgan fingerprint density at radius 3 is 0.537 bits per heavy atom. The van der Waals surface area contributed by atoms with E-state index in [9.17, 15) is 19.2 Å². The fraction of sp³-hybridized carbons (Fsp3) is 0.840. The van der Waals surface area contributed by atoms with Crippen LogP contribution < -0.4 is 0 Å². The topological polar surface area (TPSA) is 230 Å². The van der Waals surface area contributed by atoms with E-state index < -0.39 is 55.7 Å². The van der Waals surface area contributed by atoms with Gasteiger partial charge >= 0.3 is 23.9 Å². The van der Waals surface area contributed by atoms with Crippen LogP contribution in [0, 0.1) is 5.41 Å². The van der Waals surface area contributed by atoms with Crippen LogP contribution in [0.5, 0.6) is 0 Å². The Balaban J connectivity index is -0.000000132. The van der Waals surface area contributed by atoms with E-state index in [1.165, 1.54) is 0 Å². The van der Waals surface area contributed by atoms with Gasteiger partial charge in [0.1, 0.15) is 0 Å². The van der Waals surface area contributed by atoms with Crippen molar-refractivity contribution >= 4 is 74.4 Å². The van der Waals surface area contributed by atoms with Gasteiger partial charge in [0.25, 0.3) is 0 Å². The van der Waals surface area contributed by atoms with Crippen LogP contribution in [0.2, 0.25) is 0 Å². The van der Waals surface area contributed by atoms with Crippen LogP contribution in [0.1, 0.15) is 81.1 Å². The highest BCUT2D eigenvalue weighted by atomic mass is 32.1. The van der Waals surface area contributed by atoms with Crippen LogP contribution in [0.3, 0.4) is 0 Å². The first kappa shape index (κ1) is 49.8. The first-order valence-electron chi connectivity index (χ1n) is 12.1. The number of hydrogen-bond donors (Lipinski definition) is 12. The van der Waals surface area contributed by atoms with E-state index in [2.05, 4.69) is 50.5 Å². The van der Waals surface area contributed by atoms with Crippen molar-refractivity contribution in [2.75, 3.05) is 26.4 Å². The number of aliphatic carboxylic acids is 4. The minimum Gasteiger partial charge on any atom is -0.481 e. The standard InChI is InChI=1S/C5H12O4.4C5H10O2S/c6-1-5(2-7,3-8)4-9;4*1-5(2,8)3-4(6)7/h6-9H,1-4H2;4*8H,3H2,1-2H3,(H,6,7). The minimum absolute atomic E-state index is 0.107. The number of carboxylic acid groups (broad SMARTS) is 4. The third kappa shape index (κ3) is 55.7. The molecule has 0 amide bonds. The van der Waals surface area contributed by atoms with Crippen LogP contribution >= 0.6 is 50.5 Å². The van der Waals surface area contributed by atoms with Gasteiger partial charge in [-0.2, -0.15) is 50.5 Å². The third-order valence-corrected chi connectivity index (χ3v) is 4.31. The fourth-order valence-corrected chi connectivity index (χ4v) is 2.32. The van der Waals surface area contributed by atoms with Crippen molar-refractivity contribution in [2.45, 2.75) is 100 Å². The molecule has 41 heavy (non-hydrogen) atoms. The second-order valence-electron chi connectivity index (χ2n) is 11.7. The van der Waals surface area contributed by atoms with E-state index in [0.29, 0.717) is 0 Å². The maximum Gasteiger partial charge on any atom is 0.304 e. The average molecular weight is 673 g/mol. The maximum absolute atomic E-state index is 9.97. The minimum atomic E-state index is -1.11. The van der Waals surface area contributed by atoms with E-state index in [1.54, 1.807) is 55.4 Å². The monoisotopic (exact) mass is 672 g/mol. The molecule has 0 saturated carbocycles. The smallest absolute Gasteiger partial charge is 0.304 e. The number of aliphatic hydroxyl groups excluding tert-OH is 4. The molecule has 0 spiro atoms. The van der Waals surface area contributed by atoms with Gasteiger partial charge in [0.15, 0.2) is 0 Å². The molecule has 0 radical (unpaired) electrons. The Bertz CT molecular complexity index is 609. The van der Waals surface area contributed by atoms with E-state index in [0.717, 1.165) is 0 Å². The van der Waals surface area contributed by atoms with Gasteiger partial charge in [0.05, 0.1) is 57.5 Å². The van der Waals surface area contributed by atoms with Crippen molar-refractivity contribution < 1.29 is 60.0 Å². The Morgan fingerprint density at radius 2 is 0.537 bits per heavy atom. The van der Waals surface area contributed by atoms with Gasteiger partial charge in [-0.3, -0.25) is 19.2 Å². The Morgan fingerprint density at radius 1 is 0.415 bits per heavy atom. The molecule has 0 aromatic rings. The largest absolute Gasteiger partial charge is 0.481 e. The SMILES string of the molecule is CC(C)(S)CC(=O)O.CC(C)(S)CC(=O)O.CC(C)(S)CC(=O)O.CC(C)(S)CC(=O)O.OCC(CO)(CO)CO. The molecule has 0 aliphatic heterocycles. The van der Waals surface area contributed by atoms with Crippen LogP contribution in [0.15, 0.2) is 0 Å². The van der Waals surface area contributed by atoms with Gasteiger partial charge in [0, 0.05) is 19.0 Å². The lowest BCUT2D eigenvalue weighted by Gasteiger charge is -2.23. The summed E-state index contributed by atoms with van der Waals surface area (Å²) in [6.45, 7) is 12.5. The molecule has 0 unspecified atom stereocenters. The molecule has 0 rings (SSSR count). The number of carbonyl (C=O) groups is 4. The summed E-state index contributed by atoms with van der Waals surface area (Å²) in [4.78, 5) is 39.9. The molecule has 0 bridgehead atoms. The molecule has 0 aromatic heterocycles. The van der Waals surface area contributed by atoms with Crippen molar-refractivity contribution in [3.05, 3.63) is 0 Å². The number of rotatable bonds is 12. The highest BCUT2D eigenvalue weighted by molar-refractivity contribution is 7.82. The lowest BCUT2D eigenvalue weighted by Crippen LogP contribution is -2.37. The summed E-state index contributed by atoms with van der Waals surface area (Å²) in [6.07, 6.45) is 0.429. The first-order chi connectivity index (χ1) is 17.9. The zero-order chi connectivity index (χ0) is 34.5. The highest BCUT2D eigenvalue weighted by Gasteiger charge is 2.26. The van der Waals surface area contributed by atoms with Crippen molar-refractivity contribution in [3.63, 3.8) is 0 Å². The van der Waals surface area contributed by atoms with Crippen LogP contribution in [0.25, 0.3) is 0 Å². The second-order valence-corrected chi connectivity index (χ2v) is 16.5. The second kappa shape index (κ2) is 23.6. The molecule has 12 nitrogen and oxygen atoms in total. The maximum atomic E-state index is 9.97. The zero-order valence-electron chi connectivity index (χ0n) is 25.2. The van der Waals surface area contributed by atoms with E-state index >= 15 is 0 Å². The van der Waals surface area contributed by atoms with Crippen molar-refractivity contribution in [3.8, 4) is 0 Å². The summed E-state index contributed by atoms with van der Waals surface area (Å²) in [5.41, 5.74) is -1.11. The molecular weight excluding hydrogens is 621 g/mol. The zero-order valence-corrected chi connectivity index (χ0v) is 28.7. The molecule has 0 atom stereocenters. The third-order valence-electron chi connectivity index (χ3n) is 3.68. The van der Waals surface area contributed by atoms with E-state index in [-0.39, 0.29) is 44.7 Å². The molecule has 16 heteroatoms. The van der Waals surface area contributed by atoms with Gasteiger partial charge < -0.3 is 40.9 Å². The molecule has 248 valence electrons. The van der Waals surface area contributed by atoms with E-state index in [4.69, 9.17) is 40.9 Å². The van der Waals surface area contributed by atoms with E-state index in [1.807, 2.05) is 0 Å². The van der Waals surface area contributed by atoms with Crippen molar-refractivity contribution in [2.24, 2.45) is 5.41 Å². The Hall–Kier alpha value is -0.880. The lowest BCUT2D eigenvalue weighted by molar-refractivity contribution is -0.138. The van der Waals surface area contributed by atoms with Gasteiger partial charge in [0.2, 0.25) is 0 Å². The lowest BCUT2D eigenvalue weighted by atomic mass is 9.93. The predicted octanol–water partition coefficient (Wildman–Crippen LogP) is 2.62. The van der Waals surface area contributed by atoms with Crippen LogP contribution in [-0.4, -0.2) is 110 Å². The Kier molecular flexibility index (Phi) is 28.6. The first-order valence-corrected chi connectivity index (χ1v) is 13.9. The molecule has 8 N–H and O–H groups in total. The average Bonchev–Trinajstić information content (AvgIpc) is 2.64. The molecule has 0 aromatic carbocycles. The molecule has 0 fully saturated rings. The van der Waals surface area contributed by atoms with Crippen molar-refractivity contribution in [1.29, 1.82) is 0 Å². The summed E-state index contributed by atoms with van der Waals surface area (Å²) in [6, 6.07) is 0. The van der Waals surface area contributed by atoms with Gasteiger partial charge in [-0.15, -0.1) is 0 Å². The normalized spacial score (nSPS) is 11.5. The molecule has 0 saturated heterocycles. The van der Waals surface area contributed by atoms with Crippen LogP contribution in [0.4, 0.5) is 0 Å². The number of carboxylic acids is 4. The summed E-state index contributed by atoms with van der Waals surface area (Å²) in [7, 11) is 0. The summed E-state index contributed by atoms with van der Waals surface area (Å²) in [5.74, 6) is -3.20. The van der Waals surface area contributed by atoms with Gasteiger partial charge in [-0.05, 0) is 0 Å². The van der Waals surface area contributed by atoms with Gasteiger partial charge in [-0.25, -0.2) is 0 Å². The number of hydrogen-bond acceptors (Lipinski definition) is 12. The Labute approximate surface area is 265 Å². The molecular formula is C25H52O12S4. The molecule has 0 aliphatic rings. The summed E-state index contributed by atoms with van der Waals surface area (Å²) >= 11 is 16.1. The number of thiol groups is 4. The molecule has 0 heterocycles. The fourth-order valence-electron chi connectivity index (χ4n) is 1.78. The van der Waals surface area contributed by atoms with Gasteiger partial charge in [-0.1, -0.05) is 55.4 Å². The predicted molar refractivity (Wildman–Crippen MR) is 172 cm³/mol. The number of aliphatic hydroxyl groups is 4. The van der Waals surface area contributed by atoms with Crippen LogP contribution in [-0.2, 0) is 19.2 Å². The summed E-state index contributed by atoms with van der Waals surface area (Å²) < 4.78 is -1.53. The highest BCUT2D eigenvalue weighted by Crippen LogP contribution is 2.17. The van der Waals surface area contributed by atoms with Crippen molar-refractivity contribution in [1.82, 2.24) is 0 Å². The quantitative estimate of drug-likeness (QED) is 0.134.